The molecule has 0 spiro atoms. The number of H-pyrrole nitrogens is 1. The molecular weight excluding hydrogens is 366 g/mol. The van der Waals surface area contributed by atoms with E-state index >= 15 is 0 Å². The van der Waals surface area contributed by atoms with Crippen molar-refractivity contribution in [2.24, 2.45) is 11.5 Å². The number of aromatic nitrogens is 3. The summed E-state index contributed by atoms with van der Waals surface area (Å²) in [4.78, 5) is 16.4. The summed E-state index contributed by atoms with van der Waals surface area (Å²) in [6, 6.07) is 9.15. The third-order valence-electron chi connectivity index (χ3n) is 4.24. The van der Waals surface area contributed by atoms with E-state index in [2.05, 4.69) is 20.5 Å². The van der Waals surface area contributed by atoms with Gasteiger partial charge in [0.1, 0.15) is 5.84 Å². The quantitative estimate of drug-likeness (QED) is 0.240. The maximum atomic E-state index is 12.3. The van der Waals surface area contributed by atoms with Crippen LogP contribution in [0.15, 0.2) is 73.0 Å². The molecule has 0 aliphatic carbocycles. The van der Waals surface area contributed by atoms with Crippen LogP contribution in [0.2, 0.25) is 0 Å². The summed E-state index contributed by atoms with van der Waals surface area (Å²) in [5, 5.41) is 17.0. The Morgan fingerprint density at radius 1 is 1.21 bits per heavy atom. The number of nitrogens with two attached hydrogens (primary N) is 2. The molecule has 3 aromatic rings. The van der Waals surface area contributed by atoms with Gasteiger partial charge in [-0.3, -0.25) is 20.3 Å². The van der Waals surface area contributed by atoms with Crippen LogP contribution in [0.25, 0.3) is 17.2 Å². The number of amides is 1. The first-order valence-electron chi connectivity index (χ1n) is 8.83. The summed E-state index contributed by atoms with van der Waals surface area (Å²) in [7, 11) is 0. The predicted molar refractivity (Wildman–Crippen MR) is 114 cm³/mol. The number of carbonyl (C=O) groups excluding carboxylic acids is 1. The van der Waals surface area contributed by atoms with E-state index in [0.717, 1.165) is 22.3 Å². The molecule has 2 heterocycles. The van der Waals surface area contributed by atoms with Crippen molar-refractivity contribution in [2.75, 3.05) is 5.32 Å². The molecule has 29 heavy (non-hydrogen) atoms. The van der Waals surface area contributed by atoms with E-state index in [1.807, 2.05) is 18.2 Å². The number of nitrogens with one attached hydrogen (secondary N) is 3. The second-order valence-electron chi connectivity index (χ2n) is 6.25. The molecule has 146 valence electrons. The number of hydrogen-bond donors (Lipinski definition) is 5. The first-order chi connectivity index (χ1) is 14.1. The average Bonchev–Trinajstić information content (AvgIpc) is 3.26. The molecule has 0 atom stereocenters. The molecule has 0 saturated heterocycles. The molecule has 0 aliphatic heterocycles. The third-order valence-corrected chi connectivity index (χ3v) is 4.24. The van der Waals surface area contributed by atoms with Crippen molar-refractivity contribution >= 4 is 23.5 Å². The lowest BCUT2D eigenvalue weighted by molar-refractivity contribution is -0.111. The highest BCUT2D eigenvalue weighted by atomic mass is 16.1. The van der Waals surface area contributed by atoms with Gasteiger partial charge in [0.25, 0.3) is 0 Å². The second-order valence-corrected chi connectivity index (χ2v) is 6.25. The highest BCUT2D eigenvalue weighted by molar-refractivity contribution is 6.02. The van der Waals surface area contributed by atoms with Crippen LogP contribution < -0.4 is 16.8 Å². The number of aromatic amines is 1. The van der Waals surface area contributed by atoms with Crippen LogP contribution in [-0.4, -0.2) is 26.9 Å². The lowest BCUT2D eigenvalue weighted by Crippen LogP contribution is -2.16. The first kappa shape index (κ1) is 19.6. The van der Waals surface area contributed by atoms with Gasteiger partial charge in [0, 0.05) is 59.7 Å². The third kappa shape index (κ3) is 5.16. The summed E-state index contributed by atoms with van der Waals surface area (Å²) >= 11 is 0. The molecule has 0 saturated carbocycles. The standard InChI is InChI=1S/C21H21N7O/c22-10-16(21(23)24)9-14-1-4-18(5-2-14)28-20(29)6-3-15-11-25-8-7-19(15)17-12-26-27-13-17/h1-8,10-13H,9,22H2,(H3,23,24)(H,26,27)(H,28,29)/b6-3+,16-10-. The predicted octanol–water partition coefficient (Wildman–Crippen LogP) is 2.44. The molecule has 1 aromatic carbocycles. The molecule has 0 unspecified atom stereocenters. The Kier molecular flexibility index (Phi) is 6.16. The fourth-order valence-electron chi connectivity index (χ4n) is 2.72. The van der Waals surface area contributed by atoms with E-state index in [-0.39, 0.29) is 11.7 Å². The zero-order chi connectivity index (χ0) is 20.6. The van der Waals surface area contributed by atoms with Gasteiger partial charge in [-0.2, -0.15) is 5.10 Å². The molecule has 3 rings (SSSR count). The van der Waals surface area contributed by atoms with Crippen LogP contribution in [0.4, 0.5) is 5.69 Å². The minimum absolute atomic E-state index is 0.0554. The highest BCUT2D eigenvalue weighted by Gasteiger charge is 2.06. The topological polar surface area (TPSA) is 147 Å². The van der Waals surface area contributed by atoms with Crippen LogP contribution in [0, 0.1) is 5.41 Å². The SMILES string of the molecule is N=C(N)/C(=C\N)Cc1ccc(NC(=O)/C=C/c2cnccc2-c2cn[nH]c2)cc1. The Bertz CT molecular complexity index is 1050. The number of pyridine rings is 1. The van der Waals surface area contributed by atoms with Crippen LogP contribution in [-0.2, 0) is 11.2 Å². The van der Waals surface area contributed by atoms with Crippen LogP contribution in [0.1, 0.15) is 11.1 Å². The van der Waals surface area contributed by atoms with Crippen LogP contribution in [0.5, 0.6) is 0 Å². The van der Waals surface area contributed by atoms with Gasteiger partial charge in [0.2, 0.25) is 5.91 Å². The normalized spacial score (nSPS) is 11.5. The van der Waals surface area contributed by atoms with Crippen LogP contribution in [0.3, 0.4) is 0 Å². The fraction of sp³-hybridized carbons (Fsp3) is 0.0476. The average molecular weight is 387 g/mol. The van der Waals surface area contributed by atoms with Gasteiger partial charge in [-0.15, -0.1) is 0 Å². The van der Waals surface area contributed by atoms with Crippen molar-refractivity contribution in [2.45, 2.75) is 6.42 Å². The van der Waals surface area contributed by atoms with E-state index in [9.17, 15) is 4.79 Å². The summed E-state index contributed by atoms with van der Waals surface area (Å²) in [6.07, 6.45) is 11.8. The summed E-state index contributed by atoms with van der Waals surface area (Å²) < 4.78 is 0. The monoisotopic (exact) mass is 387 g/mol. The van der Waals surface area contributed by atoms with Gasteiger partial charge in [0.15, 0.2) is 0 Å². The lowest BCUT2D eigenvalue weighted by atomic mass is 10.0. The molecule has 8 heteroatoms. The maximum absolute atomic E-state index is 12.3. The van der Waals surface area contributed by atoms with Crippen molar-refractivity contribution in [1.82, 2.24) is 15.2 Å². The molecule has 0 radical (unpaired) electrons. The van der Waals surface area contributed by atoms with Crippen molar-refractivity contribution in [3.05, 3.63) is 84.1 Å². The zero-order valence-corrected chi connectivity index (χ0v) is 15.6. The number of rotatable bonds is 7. The first-order valence-corrected chi connectivity index (χ1v) is 8.83. The van der Waals surface area contributed by atoms with Gasteiger partial charge in [0.05, 0.1) is 6.20 Å². The number of carbonyl (C=O) groups is 1. The molecule has 0 fully saturated rings. The summed E-state index contributed by atoms with van der Waals surface area (Å²) in [5.74, 6) is -0.314. The lowest BCUT2D eigenvalue weighted by Gasteiger charge is -2.07. The molecule has 8 nitrogen and oxygen atoms in total. The largest absolute Gasteiger partial charge is 0.404 e. The Hall–Kier alpha value is -4.20. The van der Waals surface area contributed by atoms with Gasteiger partial charge in [-0.05, 0) is 35.4 Å². The van der Waals surface area contributed by atoms with E-state index in [4.69, 9.17) is 16.9 Å². The molecular formula is C21H21N7O. The van der Waals surface area contributed by atoms with Crippen molar-refractivity contribution in [1.29, 1.82) is 5.41 Å². The molecule has 0 aliphatic rings. The minimum atomic E-state index is -0.258. The minimum Gasteiger partial charge on any atom is -0.404 e. The Morgan fingerprint density at radius 2 is 2.00 bits per heavy atom. The van der Waals surface area contributed by atoms with Crippen molar-refractivity contribution in [3.63, 3.8) is 0 Å². The Morgan fingerprint density at radius 3 is 2.66 bits per heavy atom. The smallest absolute Gasteiger partial charge is 0.248 e. The molecule has 1 amide bonds. The number of amidine groups is 1. The molecule has 2 aromatic heterocycles. The van der Waals surface area contributed by atoms with Crippen molar-refractivity contribution < 1.29 is 4.79 Å². The summed E-state index contributed by atoms with van der Waals surface area (Å²) in [5.41, 5.74) is 15.8. The fourth-order valence-corrected chi connectivity index (χ4v) is 2.72. The zero-order valence-electron chi connectivity index (χ0n) is 15.6. The second kappa shape index (κ2) is 9.14. The molecule has 7 N–H and O–H groups in total. The Balaban J connectivity index is 1.65. The van der Waals surface area contributed by atoms with E-state index < -0.39 is 0 Å². The highest BCUT2D eigenvalue weighted by Crippen LogP contribution is 2.22. The number of anilines is 1. The van der Waals surface area contributed by atoms with Gasteiger partial charge in [-0.25, -0.2) is 0 Å². The van der Waals surface area contributed by atoms with Gasteiger partial charge in [-0.1, -0.05) is 12.1 Å². The molecule has 0 bridgehead atoms. The van der Waals surface area contributed by atoms with Crippen molar-refractivity contribution in [3.8, 4) is 11.1 Å². The van der Waals surface area contributed by atoms with E-state index in [0.29, 0.717) is 17.7 Å². The number of hydrogen-bond acceptors (Lipinski definition) is 5. The Labute approximate surface area is 167 Å². The van der Waals surface area contributed by atoms with E-state index in [1.54, 1.807) is 43.0 Å². The maximum Gasteiger partial charge on any atom is 0.248 e. The summed E-state index contributed by atoms with van der Waals surface area (Å²) in [6.45, 7) is 0. The van der Waals surface area contributed by atoms with Gasteiger partial charge >= 0.3 is 0 Å². The van der Waals surface area contributed by atoms with Gasteiger partial charge < -0.3 is 16.8 Å². The number of nitrogens with zero attached hydrogens (tertiary/aromatic N) is 2. The van der Waals surface area contributed by atoms with E-state index in [1.165, 1.54) is 12.3 Å². The number of benzene rings is 1. The van der Waals surface area contributed by atoms with Crippen LogP contribution >= 0.6 is 0 Å².